The number of halogens is 3. The molecule has 3 aromatic carbocycles. The number of carbonyl (C=O) groups is 2. The molecular weight excluding hydrogens is 481 g/mol. The predicted octanol–water partition coefficient (Wildman–Crippen LogP) is 4.46. The number of nitro benzene ring substituents is 1. The van der Waals surface area contributed by atoms with Gasteiger partial charge in [-0.05, 0) is 18.2 Å². The summed E-state index contributed by atoms with van der Waals surface area (Å²) in [5.41, 5.74) is 0.733. The van der Waals surface area contributed by atoms with Gasteiger partial charge in [0.1, 0.15) is 12.3 Å². The van der Waals surface area contributed by atoms with E-state index in [-0.39, 0.29) is 28.4 Å². The summed E-state index contributed by atoms with van der Waals surface area (Å²) in [7, 11) is 0. The maximum atomic E-state index is 13.4. The number of carbonyl (C=O) groups excluding carboxylic acids is 2. The third kappa shape index (κ3) is 5.49. The molecule has 0 bridgehead atoms. The van der Waals surface area contributed by atoms with Gasteiger partial charge >= 0.3 is 12.3 Å². The summed E-state index contributed by atoms with van der Waals surface area (Å²) >= 11 is 0. The quantitative estimate of drug-likeness (QED) is 0.412. The Hall–Kier alpha value is -4.74. The maximum absolute atomic E-state index is 13.4. The molecule has 0 aliphatic carbocycles. The zero-order valence-electron chi connectivity index (χ0n) is 18.3. The molecule has 0 unspecified atom stereocenters. The smallest absolute Gasteiger partial charge is 0.410 e. The summed E-state index contributed by atoms with van der Waals surface area (Å²) in [6.07, 6.45) is -7.67. The molecular formula is C24H17F3N4O5. The van der Waals surface area contributed by atoms with Crippen molar-refractivity contribution in [3.63, 3.8) is 0 Å². The predicted molar refractivity (Wildman–Crippen MR) is 123 cm³/mol. The second kappa shape index (κ2) is 9.86. The van der Waals surface area contributed by atoms with Gasteiger partial charge in [0, 0.05) is 23.3 Å². The number of hydrogen-bond donors (Lipinski definition) is 1. The third-order valence-corrected chi connectivity index (χ3v) is 5.11. The molecule has 1 heterocycles. The number of nitro groups is 1. The van der Waals surface area contributed by atoms with Crippen molar-refractivity contribution in [2.75, 3.05) is 11.4 Å². The summed E-state index contributed by atoms with van der Waals surface area (Å²) in [6, 6.07) is 19.0. The third-order valence-electron chi connectivity index (χ3n) is 5.11. The summed E-state index contributed by atoms with van der Waals surface area (Å²) in [4.78, 5) is 40.8. The zero-order valence-corrected chi connectivity index (χ0v) is 18.3. The van der Waals surface area contributed by atoms with Crippen LogP contribution in [0.5, 0.6) is 5.75 Å². The molecule has 0 saturated carbocycles. The van der Waals surface area contributed by atoms with Crippen molar-refractivity contribution in [1.29, 1.82) is 0 Å². The van der Waals surface area contributed by atoms with Crippen LogP contribution in [0.25, 0.3) is 0 Å². The molecule has 1 aliphatic rings. The van der Waals surface area contributed by atoms with Crippen LogP contribution < -0.4 is 15.0 Å². The summed E-state index contributed by atoms with van der Waals surface area (Å²) in [6.45, 7) is -1.60. The second-order valence-corrected chi connectivity index (χ2v) is 7.59. The standard InChI is InChI=1S/C24H17F3N4O5/c25-24(26,27)14-30-19-9-5-4-8-18(19)20(15-6-2-1-3-7-15)28-21(22(30)32)29-23(33)36-17-12-10-16(11-13-17)31(34)35/h1-13,21H,14H2,(H,29,33)/t21-/m0/s1. The Labute approximate surface area is 202 Å². The fraction of sp³-hybridized carbons (Fsp3) is 0.125. The van der Waals surface area contributed by atoms with Gasteiger partial charge in [0.25, 0.3) is 11.6 Å². The van der Waals surface area contributed by atoms with Gasteiger partial charge in [0.2, 0.25) is 6.17 Å². The van der Waals surface area contributed by atoms with Gasteiger partial charge in [-0.15, -0.1) is 0 Å². The van der Waals surface area contributed by atoms with Gasteiger partial charge in [-0.1, -0.05) is 48.5 Å². The van der Waals surface area contributed by atoms with E-state index in [9.17, 15) is 32.9 Å². The highest BCUT2D eigenvalue weighted by Gasteiger charge is 2.40. The number of aliphatic imine (C=N–C) groups is 1. The van der Waals surface area contributed by atoms with Crippen LogP contribution in [0, 0.1) is 10.1 Å². The highest BCUT2D eigenvalue weighted by atomic mass is 19.4. The van der Waals surface area contributed by atoms with Crippen LogP contribution in [0.2, 0.25) is 0 Å². The van der Waals surface area contributed by atoms with Gasteiger partial charge < -0.3 is 4.74 Å². The average Bonchev–Trinajstić information content (AvgIpc) is 2.95. The number of ether oxygens (including phenoxy) is 1. The number of benzodiazepines with no additional fused rings is 1. The van der Waals surface area contributed by atoms with Gasteiger partial charge in [0.15, 0.2) is 0 Å². The lowest BCUT2D eigenvalue weighted by Crippen LogP contribution is -2.50. The molecule has 0 saturated heterocycles. The molecule has 0 aromatic heterocycles. The molecule has 12 heteroatoms. The number of para-hydroxylation sites is 1. The van der Waals surface area contributed by atoms with E-state index in [1.54, 1.807) is 36.4 Å². The molecule has 184 valence electrons. The molecule has 1 aliphatic heterocycles. The fourth-order valence-electron chi connectivity index (χ4n) is 3.58. The van der Waals surface area contributed by atoms with E-state index < -0.39 is 35.8 Å². The largest absolute Gasteiger partial charge is 0.414 e. The minimum absolute atomic E-state index is 0.0181. The number of amides is 2. The number of anilines is 1. The lowest BCUT2D eigenvalue weighted by molar-refractivity contribution is -0.384. The zero-order chi connectivity index (χ0) is 25.9. The minimum atomic E-state index is -4.73. The first-order valence-corrected chi connectivity index (χ1v) is 10.5. The molecule has 9 nitrogen and oxygen atoms in total. The van der Waals surface area contributed by atoms with E-state index in [0.29, 0.717) is 10.5 Å². The first kappa shape index (κ1) is 24.4. The highest BCUT2D eigenvalue weighted by Crippen LogP contribution is 2.31. The number of rotatable bonds is 5. The van der Waals surface area contributed by atoms with Crippen LogP contribution in [0.15, 0.2) is 83.9 Å². The summed E-state index contributed by atoms with van der Waals surface area (Å²) < 4.78 is 45.4. The van der Waals surface area contributed by atoms with E-state index in [1.807, 2.05) is 0 Å². The van der Waals surface area contributed by atoms with Crippen molar-refractivity contribution in [3.05, 3.63) is 100 Å². The Morgan fingerprint density at radius 3 is 2.31 bits per heavy atom. The van der Waals surface area contributed by atoms with E-state index in [2.05, 4.69) is 10.3 Å². The topological polar surface area (TPSA) is 114 Å². The highest BCUT2D eigenvalue weighted by molar-refractivity contribution is 6.20. The van der Waals surface area contributed by atoms with Gasteiger partial charge in [0.05, 0.1) is 16.3 Å². The van der Waals surface area contributed by atoms with Crippen LogP contribution in [0.4, 0.5) is 29.3 Å². The first-order chi connectivity index (χ1) is 17.1. The Morgan fingerprint density at radius 1 is 1.03 bits per heavy atom. The van der Waals surface area contributed by atoms with Gasteiger partial charge in [-0.25, -0.2) is 9.79 Å². The number of nitrogens with one attached hydrogen (secondary N) is 1. The van der Waals surface area contributed by atoms with E-state index in [4.69, 9.17) is 4.74 Å². The first-order valence-electron chi connectivity index (χ1n) is 10.5. The number of benzene rings is 3. The van der Waals surface area contributed by atoms with E-state index >= 15 is 0 Å². The molecule has 3 aromatic rings. The monoisotopic (exact) mass is 498 g/mol. The molecule has 1 N–H and O–H groups in total. The Balaban J connectivity index is 1.70. The molecule has 0 radical (unpaired) electrons. The number of fused-ring (bicyclic) bond motifs is 1. The molecule has 2 amide bonds. The second-order valence-electron chi connectivity index (χ2n) is 7.59. The number of hydrogen-bond acceptors (Lipinski definition) is 6. The van der Waals surface area contributed by atoms with Crippen LogP contribution in [-0.4, -0.2) is 41.5 Å². The van der Waals surface area contributed by atoms with Crippen molar-refractivity contribution in [1.82, 2.24) is 5.32 Å². The molecule has 36 heavy (non-hydrogen) atoms. The summed E-state index contributed by atoms with van der Waals surface area (Å²) in [5, 5.41) is 13.0. The number of nitrogens with zero attached hydrogens (tertiary/aromatic N) is 3. The molecule has 4 rings (SSSR count). The van der Waals surface area contributed by atoms with Gasteiger partial charge in [-0.3, -0.25) is 25.1 Å². The van der Waals surface area contributed by atoms with Crippen LogP contribution in [0.1, 0.15) is 11.1 Å². The molecule has 0 fully saturated rings. The van der Waals surface area contributed by atoms with Gasteiger partial charge in [-0.2, -0.15) is 13.2 Å². The summed E-state index contributed by atoms with van der Waals surface area (Å²) in [5.74, 6) is -1.20. The number of non-ortho nitro benzene ring substituents is 1. The van der Waals surface area contributed by atoms with E-state index in [0.717, 1.165) is 24.3 Å². The SMILES string of the molecule is O=C(N[C@@H]1N=C(c2ccccc2)c2ccccc2N(CC(F)(F)F)C1=O)Oc1ccc([N+](=O)[O-])cc1. The van der Waals surface area contributed by atoms with Crippen molar-refractivity contribution < 1.29 is 32.4 Å². The molecule has 1 atom stereocenters. The van der Waals surface area contributed by atoms with Crippen molar-refractivity contribution in [2.24, 2.45) is 4.99 Å². The Bertz CT molecular complexity index is 1330. The van der Waals surface area contributed by atoms with Crippen LogP contribution in [-0.2, 0) is 4.79 Å². The lowest BCUT2D eigenvalue weighted by Gasteiger charge is -2.26. The fourth-order valence-corrected chi connectivity index (χ4v) is 3.58. The average molecular weight is 498 g/mol. The Morgan fingerprint density at radius 2 is 1.67 bits per heavy atom. The minimum Gasteiger partial charge on any atom is -0.410 e. The van der Waals surface area contributed by atoms with E-state index in [1.165, 1.54) is 18.2 Å². The van der Waals surface area contributed by atoms with Crippen LogP contribution in [0.3, 0.4) is 0 Å². The maximum Gasteiger partial charge on any atom is 0.414 e. The van der Waals surface area contributed by atoms with Crippen LogP contribution >= 0.6 is 0 Å². The van der Waals surface area contributed by atoms with Crippen molar-refractivity contribution in [2.45, 2.75) is 12.3 Å². The molecule has 0 spiro atoms. The normalized spacial score (nSPS) is 15.4. The Kier molecular flexibility index (Phi) is 6.68. The lowest BCUT2D eigenvalue weighted by atomic mass is 10.0. The van der Waals surface area contributed by atoms with Crippen molar-refractivity contribution >= 4 is 29.1 Å². The van der Waals surface area contributed by atoms with Crippen molar-refractivity contribution in [3.8, 4) is 5.75 Å². The number of alkyl halides is 3.